The quantitative estimate of drug-likeness (QED) is 0.697. The van der Waals surface area contributed by atoms with E-state index < -0.39 is 11.7 Å². The maximum Gasteiger partial charge on any atom is 0.407 e. The van der Waals surface area contributed by atoms with Crippen molar-refractivity contribution >= 4 is 17.7 Å². The van der Waals surface area contributed by atoms with Crippen LogP contribution in [0.2, 0.25) is 0 Å². The fourth-order valence-corrected chi connectivity index (χ4v) is 2.03. The van der Waals surface area contributed by atoms with Crippen molar-refractivity contribution in [2.24, 2.45) is 0 Å². The summed E-state index contributed by atoms with van der Waals surface area (Å²) in [6.07, 6.45) is 3.49. The van der Waals surface area contributed by atoms with E-state index in [2.05, 4.69) is 10.6 Å². The number of alkyl carbamates (subject to hydrolysis) is 1. The Morgan fingerprint density at radius 1 is 1.04 bits per heavy atom. The van der Waals surface area contributed by atoms with Gasteiger partial charge < -0.3 is 15.4 Å². The first-order valence-corrected chi connectivity index (χ1v) is 8.28. The molecule has 0 fully saturated rings. The van der Waals surface area contributed by atoms with Crippen molar-refractivity contribution in [1.29, 1.82) is 0 Å². The molecule has 0 atom stereocenters. The summed E-state index contributed by atoms with van der Waals surface area (Å²) in [7, 11) is 0. The molecule has 0 saturated carbocycles. The SMILES string of the molecule is CC(C)(C)OC(=O)NCCCCCCC(=O)Nc1ccc(F)cc1. The molecule has 24 heavy (non-hydrogen) atoms. The smallest absolute Gasteiger partial charge is 0.407 e. The van der Waals surface area contributed by atoms with Gasteiger partial charge in [-0.2, -0.15) is 0 Å². The largest absolute Gasteiger partial charge is 0.444 e. The highest BCUT2D eigenvalue weighted by atomic mass is 19.1. The summed E-state index contributed by atoms with van der Waals surface area (Å²) in [5.41, 5.74) is 0.116. The number of unbranched alkanes of at least 4 members (excludes halogenated alkanes) is 3. The molecular weight excluding hydrogens is 311 g/mol. The summed E-state index contributed by atoms with van der Waals surface area (Å²) < 4.78 is 17.9. The van der Waals surface area contributed by atoms with Gasteiger partial charge in [-0.3, -0.25) is 4.79 Å². The Bertz CT molecular complexity index is 524. The fraction of sp³-hybridized carbons (Fsp3) is 0.556. The lowest BCUT2D eigenvalue weighted by Crippen LogP contribution is -2.32. The second kappa shape index (κ2) is 9.90. The minimum absolute atomic E-state index is 0.0755. The van der Waals surface area contributed by atoms with E-state index in [0.717, 1.165) is 25.7 Å². The molecular formula is C18H27FN2O3. The number of hydrogen-bond acceptors (Lipinski definition) is 3. The topological polar surface area (TPSA) is 67.4 Å². The average Bonchev–Trinajstić information content (AvgIpc) is 2.47. The number of benzene rings is 1. The molecule has 0 unspecified atom stereocenters. The van der Waals surface area contributed by atoms with Crippen LogP contribution in [0.5, 0.6) is 0 Å². The predicted molar refractivity (Wildman–Crippen MR) is 92.4 cm³/mol. The van der Waals surface area contributed by atoms with Gasteiger partial charge in [0.05, 0.1) is 0 Å². The standard InChI is InChI=1S/C18H27FN2O3/c1-18(2,3)24-17(23)20-13-7-5-4-6-8-16(22)21-15-11-9-14(19)10-12-15/h9-12H,4-8,13H2,1-3H3,(H,20,23)(H,21,22). The summed E-state index contributed by atoms with van der Waals surface area (Å²) in [6.45, 7) is 6.04. The third kappa shape index (κ3) is 9.82. The monoisotopic (exact) mass is 338 g/mol. The number of carbonyl (C=O) groups excluding carboxylic acids is 2. The molecule has 0 saturated heterocycles. The van der Waals surface area contributed by atoms with Crippen molar-refractivity contribution < 1.29 is 18.7 Å². The summed E-state index contributed by atoms with van der Waals surface area (Å²) in [4.78, 5) is 23.2. The van der Waals surface area contributed by atoms with Crippen LogP contribution in [0.25, 0.3) is 0 Å². The Kier molecular flexibility index (Phi) is 8.22. The van der Waals surface area contributed by atoms with Crippen LogP contribution in [0.15, 0.2) is 24.3 Å². The molecule has 2 N–H and O–H groups in total. The van der Waals surface area contributed by atoms with Crippen LogP contribution < -0.4 is 10.6 Å². The molecule has 0 heterocycles. The third-order valence-electron chi connectivity index (χ3n) is 3.13. The van der Waals surface area contributed by atoms with E-state index in [0.29, 0.717) is 18.7 Å². The third-order valence-corrected chi connectivity index (χ3v) is 3.13. The molecule has 0 bridgehead atoms. The Hall–Kier alpha value is -2.11. The number of ether oxygens (including phenoxy) is 1. The number of carbonyl (C=O) groups is 2. The van der Waals surface area contributed by atoms with E-state index >= 15 is 0 Å². The Balaban J connectivity index is 2.02. The fourth-order valence-electron chi connectivity index (χ4n) is 2.03. The highest BCUT2D eigenvalue weighted by molar-refractivity contribution is 5.90. The van der Waals surface area contributed by atoms with Crippen molar-refractivity contribution in [1.82, 2.24) is 5.32 Å². The molecule has 1 rings (SSSR count). The van der Waals surface area contributed by atoms with Gasteiger partial charge in [0, 0.05) is 18.7 Å². The predicted octanol–water partition coefficient (Wildman–Crippen LogP) is 4.24. The molecule has 1 aromatic rings. The molecule has 0 aliphatic heterocycles. The lowest BCUT2D eigenvalue weighted by molar-refractivity contribution is -0.116. The van der Waals surface area contributed by atoms with E-state index in [1.165, 1.54) is 24.3 Å². The Morgan fingerprint density at radius 2 is 1.67 bits per heavy atom. The molecule has 1 aromatic carbocycles. The van der Waals surface area contributed by atoms with E-state index in [-0.39, 0.29) is 11.7 Å². The first-order valence-electron chi connectivity index (χ1n) is 8.28. The normalized spacial score (nSPS) is 11.0. The molecule has 0 radical (unpaired) electrons. The maximum atomic E-state index is 12.8. The van der Waals surface area contributed by atoms with Gasteiger partial charge in [0.2, 0.25) is 5.91 Å². The number of halogens is 1. The van der Waals surface area contributed by atoms with Crippen LogP contribution >= 0.6 is 0 Å². The second-order valence-corrected chi connectivity index (χ2v) is 6.65. The van der Waals surface area contributed by atoms with Crippen molar-refractivity contribution in [3.63, 3.8) is 0 Å². The van der Waals surface area contributed by atoms with Crippen molar-refractivity contribution in [3.8, 4) is 0 Å². The summed E-state index contributed by atoms with van der Waals surface area (Å²) in [6, 6.07) is 5.70. The van der Waals surface area contributed by atoms with E-state index in [1.54, 1.807) is 0 Å². The van der Waals surface area contributed by atoms with Gasteiger partial charge in [-0.15, -0.1) is 0 Å². The second-order valence-electron chi connectivity index (χ2n) is 6.65. The van der Waals surface area contributed by atoms with Gasteiger partial charge in [0.25, 0.3) is 0 Å². The highest BCUT2D eigenvalue weighted by Crippen LogP contribution is 2.10. The first-order chi connectivity index (χ1) is 11.3. The van der Waals surface area contributed by atoms with Gasteiger partial charge in [-0.25, -0.2) is 9.18 Å². The van der Waals surface area contributed by atoms with Crippen LogP contribution in [0.4, 0.5) is 14.9 Å². The zero-order valence-corrected chi connectivity index (χ0v) is 14.7. The van der Waals surface area contributed by atoms with Crippen LogP contribution in [0.1, 0.15) is 52.9 Å². The molecule has 0 aliphatic carbocycles. The maximum absolute atomic E-state index is 12.8. The van der Waals surface area contributed by atoms with Crippen molar-refractivity contribution in [2.75, 3.05) is 11.9 Å². The number of rotatable bonds is 8. The summed E-state index contributed by atoms with van der Waals surface area (Å²) >= 11 is 0. The summed E-state index contributed by atoms with van der Waals surface area (Å²) in [5, 5.41) is 5.43. The zero-order chi connectivity index (χ0) is 18.0. The number of anilines is 1. The number of amides is 2. The molecule has 134 valence electrons. The van der Waals surface area contributed by atoms with E-state index in [4.69, 9.17) is 4.74 Å². The minimum atomic E-state index is -0.484. The van der Waals surface area contributed by atoms with Crippen LogP contribution in [0, 0.1) is 5.82 Å². The minimum Gasteiger partial charge on any atom is -0.444 e. The Morgan fingerprint density at radius 3 is 2.29 bits per heavy atom. The summed E-state index contributed by atoms with van der Waals surface area (Å²) in [5.74, 6) is -0.401. The van der Waals surface area contributed by atoms with Crippen LogP contribution in [0.3, 0.4) is 0 Å². The molecule has 5 nitrogen and oxygen atoms in total. The van der Waals surface area contributed by atoms with Crippen molar-refractivity contribution in [2.45, 2.75) is 58.5 Å². The van der Waals surface area contributed by atoms with Gasteiger partial charge >= 0.3 is 6.09 Å². The lowest BCUT2D eigenvalue weighted by atomic mass is 10.1. The Labute approximate surface area is 143 Å². The highest BCUT2D eigenvalue weighted by Gasteiger charge is 2.15. The van der Waals surface area contributed by atoms with Crippen LogP contribution in [-0.4, -0.2) is 24.1 Å². The van der Waals surface area contributed by atoms with Gasteiger partial charge in [-0.05, 0) is 57.9 Å². The van der Waals surface area contributed by atoms with Crippen molar-refractivity contribution in [3.05, 3.63) is 30.1 Å². The van der Waals surface area contributed by atoms with E-state index in [9.17, 15) is 14.0 Å². The van der Waals surface area contributed by atoms with Crippen LogP contribution in [-0.2, 0) is 9.53 Å². The molecule has 6 heteroatoms. The van der Waals surface area contributed by atoms with Gasteiger partial charge in [0.1, 0.15) is 11.4 Å². The molecule has 2 amide bonds. The van der Waals surface area contributed by atoms with Gasteiger partial charge in [0.15, 0.2) is 0 Å². The average molecular weight is 338 g/mol. The number of nitrogens with one attached hydrogen (secondary N) is 2. The first kappa shape index (κ1) is 19.9. The molecule has 0 aliphatic rings. The van der Waals surface area contributed by atoms with Gasteiger partial charge in [-0.1, -0.05) is 12.8 Å². The molecule has 0 aromatic heterocycles. The lowest BCUT2D eigenvalue weighted by Gasteiger charge is -2.19. The zero-order valence-electron chi connectivity index (χ0n) is 14.7. The number of hydrogen-bond donors (Lipinski definition) is 2. The van der Waals surface area contributed by atoms with E-state index in [1.807, 2.05) is 20.8 Å². The molecule has 0 spiro atoms.